The summed E-state index contributed by atoms with van der Waals surface area (Å²) < 4.78 is 11.1. The average molecular weight is 443 g/mol. The molecule has 1 fully saturated rings. The molecule has 1 saturated carbocycles. The molecular formula is C23H30N4O5. The van der Waals surface area contributed by atoms with Gasteiger partial charge in [-0.25, -0.2) is 9.86 Å². The number of carbonyl (C=O) groups excluding carboxylic acids is 2. The zero-order valence-corrected chi connectivity index (χ0v) is 19.6. The Hall–Kier alpha value is -3.07. The normalized spacial score (nSPS) is 17.7. The van der Waals surface area contributed by atoms with E-state index in [0.717, 1.165) is 29.0 Å². The van der Waals surface area contributed by atoms with Crippen molar-refractivity contribution in [2.24, 2.45) is 5.92 Å². The van der Waals surface area contributed by atoms with Gasteiger partial charge in [-0.15, -0.1) is 0 Å². The predicted octanol–water partition coefficient (Wildman–Crippen LogP) is 4.49. The second-order valence-corrected chi connectivity index (χ2v) is 9.38. The second-order valence-electron chi connectivity index (χ2n) is 9.38. The zero-order valence-electron chi connectivity index (χ0n) is 19.6. The maximum absolute atomic E-state index is 13.3. The first-order chi connectivity index (χ1) is 15.0. The minimum absolute atomic E-state index is 0.279. The monoisotopic (exact) mass is 442 g/mol. The third-order valence-electron chi connectivity index (χ3n) is 5.72. The van der Waals surface area contributed by atoms with E-state index >= 15 is 0 Å². The molecule has 9 nitrogen and oxygen atoms in total. The van der Waals surface area contributed by atoms with Gasteiger partial charge >= 0.3 is 6.09 Å². The molecule has 2 amide bonds. The highest BCUT2D eigenvalue weighted by molar-refractivity contribution is 6.08. The van der Waals surface area contributed by atoms with Crippen molar-refractivity contribution in [2.45, 2.75) is 59.2 Å². The molecule has 32 heavy (non-hydrogen) atoms. The van der Waals surface area contributed by atoms with E-state index in [9.17, 15) is 9.59 Å². The summed E-state index contributed by atoms with van der Waals surface area (Å²) in [5.41, 5.74) is 3.18. The molecule has 1 aliphatic carbocycles. The first-order valence-electron chi connectivity index (χ1n) is 10.7. The summed E-state index contributed by atoms with van der Waals surface area (Å²) in [5, 5.41) is 8.64. The number of fused-ring (bicyclic) bond motifs is 1. The van der Waals surface area contributed by atoms with Crippen LogP contribution in [0.25, 0.3) is 11.1 Å². The molecule has 1 aliphatic heterocycles. The quantitative estimate of drug-likeness (QED) is 0.697. The van der Waals surface area contributed by atoms with Crippen molar-refractivity contribution >= 4 is 23.4 Å². The molecule has 4 rings (SSSR count). The third-order valence-corrected chi connectivity index (χ3v) is 5.72. The van der Waals surface area contributed by atoms with Gasteiger partial charge in [0.25, 0.3) is 5.91 Å². The molecule has 1 aromatic heterocycles. The van der Waals surface area contributed by atoms with Crippen LogP contribution < -0.4 is 10.2 Å². The Morgan fingerprint density at radius 3 is 2.47 bits per heavy atom. The molecule has 1 atom stereocenters. The number of hydrogen-bond donors (Lipinski definition) is 1. The van der Waals surface area contributed by atoms with Gasteiger partial charge in [-0.05, 0) is 71.1 Å². The number of rotatable bonds is 4. The van der Waals surface area contributed by atoms with Crippen LogP contribution in [0.4, 0.5) is 16.2 Å². The van der Waals surface area contributed by atoms with Crippen LogP contribution in [0.2, 0.25) is 0 Å². The number of nitrogens with one attached hydrogen (secondary N) is 1. The van der Waals surface area contributed by atoms with Crippen LogP contribution in [0, 0.1) is 19.8 Å². The van der Waals surface area contributed by atoms with Gasteiger partial charge in [-0.3, -0.25) is 14.5 Å². The molecule has 1 unspecified atom stereocenters. The minimum Gasteiger partial charge on any atom is -0.443 e. The number of hydroxylamine groups is 2. The molecular weight excluding hydrogens is 412 g/mol. The molecule has 9 heteroatoms. The van der Waals surface area contributed by atoms with Crippen LogP contribution in [0.5, 0.6) is 0 Å². The summed E-state index contributed by atoms with van der Waals surface area (Å²) >= 11 is 0. The SMILES string of the molecule is CON(C)C(=O)c1cc(-c2c(C)noc2C)cc2c1NC(C1CC1)N2C(=O)OC(C)(C)C. The Kier molecular flexibility index (Phi) is 5.40. The van der Waals surface area contributed by atoms with Crippen molar-refractivity contribution in [2.75, 3.05) is 24.4 Å². The number of aromatic nitrogens is 1. The Labute approximate surface area is 187 Å². The van der Waals surface area contributed by atoms with E-state index in [2.05, 4.69) is 10.5 Å². The fraction of sp³-hybridized carbons (Fsp3) is 0.522. The Morgan fingerprint density at radius 2 is 1.94 bits per heavy atom. The van der Waals surface area contributed by atoms with E-state index in [1.807, 2.05) is 40.7 Å². The molecule has 2 aromatic rings. The molecule has 0 radical (unpaired) electrons. The molecule has 0 spiro atoms. The number of ether oxygens (including phenoxy) is 1. The van der Waals surface area contributed by atoms with Crippen molar-refractivity contribution in [3.05, 3.63) is 29.2 Å². The van der Waals surface area contributed by atoms with Crippen molar-refractivity contribution in [3.63, 3.8) is 0 Å². The van der Waals surface area contributed by atoms with Crippen molar-refractivity contribution in [1.82, 2.24) is 10.2 Å². The summed E-state index contributed by atoms with van der Waals surface area (Å²) in [5.74, 6) is 0.598. The third kappa shape index (κ3) is 3.92. The van der Waals surface area contributed by atoms with E-state index < -0.39 is 11.7 Å². The highest BCUT2D eigenvalue weighted by Crippen LogP contribution is 2.48. The highest BCUT2D eigenvalue weighted by atomic mass is 16.7. The molecule has 2 aliphatic rings. The number of nitrogens with zero attached hydrogens (tertiary/aromatic N) is 3. The van der Waals surface area contributed by atoms with Crippen LogP contribution in [-0.2, 0) is 9.57 Å². The van der Waals surface area contributed by atoms with Crippen LogP contribution in [0.15, 0.2) is 16.7 Å². The first-order valence-corrected chi connectivity index (χ1v) is 10.7. The fourth-order valence-corrected chi connectivity index (χ4v) is 4.06. The lowest BCUT2D eigenvalue weighted by molar-refractivity contribution is -0.0756. The van der Waals surface area contributed by atoms with Gasteiger partial charge in [0.05, 0.1) is 29.7 Å². The lowest BCUT2D eigenvalue weighted by Gasteiger charge is -2.28. The number of benzene rings is 1. The topological polar surface area (TPSA) is 97.1 Å². The maximum atomic E-state index is 13.3. The summed E-state index contributed by atoms with van der Waals surface area (Å²) in [6.45, 7) is 9.18. The van der Waals surface area contributed by atoms with Crippen LogP contribution in [-0.4, -0.2) is 48.1 Å². The maximum Gasteiger partial charge on any atom is 0.416 e. The smallest absolute Gasteiger partial charge is 0.416 e. The number of hydrogen-bond acceptors (Lipinski definition) is 7. The van der Waals surface area contributed by atoms with Gasteiger partial charge in [0.2, 0.25) is 0 Å². The van der Waals surface area contributed by atoms with Gasteiger partial charge in [0.1, 0.15) is 17.5 Å². The van der Waals surface area contributed by atoms with E-state index in [4.69, 9.17) is 14.1 Å². The second kappa shape index (κ2) is 7.81. The van der Waals surface area contributed by atoms with E-state index in [0.29, 0.717) is 34.3 Å². The minimum atomic E-state index is -0.651. The molecule has 0 bridgehead atoms. The standard InChI is InChI=1S/C23H30N4O5/c1-12-18(13(2)32-25-12)15-10-16(21(28)26(6)30-7)19-17(11-15)27(20(24-19)14-8-9-14)22(29)31-23(3,4)5/h10-11,14,20,24H,8-9H2,1-7H3. The van der Waals surface area contributed by atoms with Gasteiger partial charge in [0, 0.05) is 12.6 Å². The molecule has 1 N–H and O–H groups in total. The first kappa shape index (κ1) is 22.1. The van der Waals surface area contributed by atoms with Gasteiger partial charge in [-0.2, -0.15) is 0 Å². The van der Waals surface area contributed by atoms with Gasteiger partial charge < -0.3 is 14.6 Å². The average Bonchev–Trinajstić information content (AvgIpc) is 3.41. The zero-order chi connectivity index (χ0) is 23.4. The van der Waals surface area contributed by atoms with Crippen molar-refractivity contribution < 1.29 is 23.7 Å². The summed E-state index contributed by atoms with van der Waals surface area (Å²) in [7, 11) is 2.99. The van der Waals surface area contributed by atoms with E-state index in [1.165, 1.54) is 7.11 Å². The molecule has 0 saturated heterocycles. The van der Waals surface area contributed by atoms with Crippen LogP contribution >= 0.6 is 0 Å². The van der Waals surface area contributed by atoms with Crippen LogP contribution in [0.3, 0.4) is 0 Å². The Balaban J connectivity index is 1.90. The van der Waals surface area contributed by atoms with Crippen LogP contribution in [0.1, 0.15) is 55.4 Å². The van der Waals surface area contributed by atoms with Gasteiger partial charge in [-0.1, -0.05) is 5.16 Å². The largest absolute Gasteiger partial charge is 0.443 e. The Morgan fingerprint density at radius 1 is 1.25 bits per heavy atom. The summed E-state index contributed by atoms with van der Waals surface area (Å²) in [4.78, 5) is 33.3. The van der Waals surface area contributed by atoms with Crippen molar-refractivity contribution in [1.29, 1.82) is 0 Å². The number of aryl methyl sites for hydroxylation is 2. The van der Waals surface area contributed by atoms with E-state index in [1.54, 1.807) is 18.0 Å². The molecule has 1 aromatic carbocycles. The predicted molar refractivity (Wildman–Crippen MR) is 119 cm³/mol. The number of amides is 2. The molecule has 172 valence electrons. The lowest BCUT2D eigenvalue weighted by Crippen LogP contribution is -2.44. The van der Waals surface area contributed by atoms with Crippen molar-refractivity contribution in [3.8, 4) is 11.1 Å². The summed E-state index contributed by atoms with van der Waals surface area (Å²) in [6, 6.07) is 3.68. The fourth-order valence-electron chi connectivity index (χ4n) is 4.06. The Bertz CT molecular complexity index is 1050. The number of carbonyl (C=O) groups is 2. The van der Waals surface area contributed by atoms with Gasteiger partial charge in [0.15, 0.2) is 0 Å². The lowest BCUT2D eigenvalue weighted by atomic mass is 9.98. The molecule has 2 heterocycles. The summed E-state index contributed by atoms with van der Waals surface area (Å²) in [6.07, 6.45) is 1.28. The highest BCUT2D eigenvalue weighted by Gasteiger charge is 2.46. The van der Waals surface area contributed by atoms with E-state index in [-0.39, 0.29) is 12.1 Å². The number of anilines is 2.